The molecule has 0 amide bonds. The second kappa shape index (κ2) is 2.89. The molecule has 0 aromatic heterocycles. The zero-order valence-corrected chi connectivity index (χ0v) is 10.1. The number of phenols is 2. The zero-order chi connectivity index (χ0) is 12.5. The maximum absolute atomic E-state index is 10.5. The zero-order valence-electron chi connectivity index (χ0n) is 10.1. The highest BCUT2D eigenvalue weighted by molar-refractivity contribution is 5.97. The molecule has 2 aliphatic carbocycles. The van der Waals surface area contributed by atoms with E-state index in [9.17, 15) is 10.2 Å². The van der Waals surface area contributed by atoms with Gasteiger partial charge in [-0.05, 0) is 6.42 Å². The number of hydrogen-bond donors (Lipinski definition) is 2. The Morgan fingerprint density at radius 1 is 1.11 bits per heavy atom. The predicted octanol–water partition coefficient (Wildman–Crippen LogP) is 3.57. The van der Waals surface area contributed by atoms with Crippen LogP contribution in [-0.2, 0) is 5.41 Å². The van der Waals surface area contributed by atoms with Crippen LogP contribution in [0.5, 0.6) is 11.5 Å². The largest absolute Gasteiger partial charge is 0.507 e. The van der Waals surface area contributed by atoms with Crippen LogP contribution in [0, 0.1) is 0 Å². The quantitative estimate of drug-likeness (QED) is 0.544. The van der Waals surface area contributed by atoms with E-state index in [1.807, 2.05) is 24.3 Å². The average molecular weight is 238 g/mol. The summed E-state index contributed by atoms with van der Waals surface area (Å²) in [6.07, 6.45) is 5.27. The van der Waals surface area contributed by atoms with Crippen LogP contribution in [0.4, 0.5) is 0 Å². The van der Waals surface area contributed by atoms with Gasteiger partial charge in [0.15, 0.2) is 0 Å². The third-order valence-electron chi connectivity index (χ3n) is 4.48. The van der Waals surface area contributed by atoms with E-state index >= 15 is 0 Å². The van der Waals surface area contributed by atoms with Gasteiger partial charge in [-0.2, -0.15) is 0 Å². The second-order valence-corrected chi connectivity index (χ2v) is 5.62. The molecule has 0 saturated heterocycles. The van der Waals surface area contributed by atoms with E-state index in [0.29, 0.717) is 11.5 Å². The van der Waals surface area contributed by atoms with Crippen molar-refractivity contribution in [2.45, 2.75) is 24.7 Å². The fourth-order valence-corrected chi connectivity index (χ4v) is 3.67. The normalized spacial score (nSPS) is 27.9. The van der Waals surface area contributed by atoms with Crippen LogP contribution in [0.15, 0.2) is 36.4 Å². The smallest absolute Gasteiger partial charge is 0.128 e. The molecule has 2 aromatic carbocycles. The molecule has 2 nitrogen and oxygen atoms in total. The number of fused-ring (bicyclic) bond motifs is 6. The molecule has 2 N–H and O–H groups in total. The fourth-order valence-electron chi connectivity index (χ4n) is 3.67. The van der Waals surface area contributed by atoms with Crippen LogP contribution in [-0.4, -0.2) is 10.2 Å². The highest BCUT2D eigenvalue weighted by Gasteiger charge is 2.46. The Morgan fingerprint density at radius 3 is 2.50 bits per heavy atom. The lowest BCUT2D eigenvalue weighted by Gasteiger charge is -2.23. The molecule has 2 bridgehead atoms. The Bertz CT molecular complexity index is 715. The Labute approximate surface area is 105 Å². The van der Waals surface area contributed by atoms with E-state index in [4.69, 9.17) is 0 Å². The maximum atomic E-state index is 10.5. The Hall–Kier alpha value is -1.96. The molecule has 0 heterocycles. The van der Waals surface area contributed by atoms with Crippen LogP contribution in [0.1, 0.15) is 30.4 Å². The lowest BCUT2D eigenvalue weighted by Crippen LogP contribution is -2.13. The van der Waals surface area contributed by atoms with Crippen molar-refractivity contribution in [1.82, 2.24) is 0 Å². The lowest BCUT2D eigenvalue weighted by molar-refractivity contribution is 0.453. The van der Waals surface area contributed by atoms with Crippen molar-refractivity contribution in [3.63, 3.8) is 0 Å². The van der Waals surface area contributed by atoms with Crippen LogP contribution >= 0.6 is 0 Å². The molecule has 0 fully saturated rings. The molecule has 0 saturated carbocycles. The van der Waals surface area contributed by atoms with Crippen molar-refractivity contribution < 1.29 is 10.2 Å². The third kappa shape index (κ3) is 0.953. The van der Waals surface area contributed by atoms with E-state index in [-0.39, 0.29) is 11.3 Å². The van der Waals surface area contributed by atoms with Crippen molar-refractivity contribution in [2.24, 2.45) is 0 Å². The van der Waals surface area contributed by atoms with Crippen molar-refractivity contribution in [1.29, 1.82) is 0 Å². The number of hydrogen-bond acceptors (Lipinski definition) is 2. The minimum atomic E-state index is -0.119. The van der Waals surface area contributed by atoms with Crippen molar-refractivity contribution in [2.75, 3.05) is 0 Å². The first-order valence-electron chi connectivity index (χ1n) is 6.28. The molecule has 90 valence electrons. The summed E-state index contributed by atoms with van der Waals surface area (Å²) in [5.41, 5.74) is 1.73. The van der Waals surface area contributed by atoms with Gasteiger partial charge in [-0.15, -0.1) is 0 Å². The van der Waals surface area contributed by atoms with Crippen LogP contribution in [0.3, 0.4) is 0 Å². The third-order valence-corrected chi connectivity index (χ3v) is 4.48. The van der Waals surface area contributed by atoms with E-state index in [1.54, 1.807) is 0 Å². The van der Waals surface area contributed by atoms with E-state index in [1.165, 1.54) is 0 Å². The number of benzene rings is 2. The Balaban J connectivity index is 2.22. The molecule has 4 rings (SSSR count). The van der Waals surface area contributed by atoms with E-state index in [0.717, 1.165) is 28.3 Å². The van der Waals surface area contributed by atoms with Gasteiger partial charge < -0.3 is 10.2 Å². The Morgan fingerprint density at radius 2 is 1.78 bits per heavy atom. The van der Waals surface area contributed by atoms with Gasteiger partial charge in [0.1, 0.15) is 11.5 Å². The second-order valence-electron chi connectivity index (χ2n) is 5.62. The van der Waals surface area contributed by atoms with Crippen molar-refractivity contribution in [3.05, 3.63) is 47.5 Å². The van der Waals surface area contributed by atoms with Gasteiger partial charge >= 0.3 is 0 Å². The molecule has 2 aromatic rings. The van der Waals surface area contributed by atoms with Gasteiger partial charge in [0, 0.05) is 33.2 Å². The summed E-state index contributed by atoms with van der Waals surface area (Å²) >= 11 is 0. The molecule has 0 spiro atoms. The fraction of sp³-hybridized carbons (Fsp3) is 0.250. The average Bonchev–Trinajstić information content (AvgIpc) is 2.89. The Kier molecular flexibility index (Phi) is 1.61. The highest BCUT2D eigenvalue weighted by atomic mass is 16.3. The van der Waals surface area contributed by atoms with Crippen molar-refractivity contribution in [3.8, 4) is 11.5 Å². The van der Waals surface area contributed by atoms with Crippen LogP contribution in [0.2, 0.25) is 0 Å². The number of allylic oxidation sites excluding steroid dienone is 2. The van der Waals surface area contributed by atoms with Gasteiger partial charge in [0.2, 0.25) is 0 Å². The van der Waals surface area contributed by atoms with Crippen LogP contribution in [0.25, 0.3) is 10.8 Å². The van der Waals surface area contributed by atoms with E-state index < -0.39 is 0 Å². The summed E-state index contributed by atoms with van der Waals surface area (Å²) in [5.74, 6) is 0.935. The van der Waals surface area contributed by atoms with Gasteiger partial charge in [0.05, 0.1) is 0 Å². The van der Waals surface area contributed by atoms with Gasteiger partial charge in [-0.25, -0.2) is 0 Å². The van der Waals surface area contributed by atoms with Gasteiger partial charge in [-0.1, -0.05) is 43.3 Å². The summed E-state index contributed by atoms with van der Waals surface area (Å²) in [4.78, 5) is 0. The SMILES string of the molecule is CC12C=CC(C1)c1c2c(O)c2ccccc2c1O. The van der Waals surface area contributed by atoms with E-state index in [2.05, 4.69) is 19.1 Å². The first kappa shape index (κ1) is 10.0. The summed E-state index contributed by atoms with van der Waals surface area (Å²) in [6, 6.07) is 7.50. The summed E-state index contributed by atoms with van der Waals surface area (Å²) < 4.78 is 0. The molecule has 2 heteroatoms. The topological polar surface area (TPSA) is 40.5 Å². The predicted molar refractivity (Wildman–Crippen MR) is 71.1 cm³/mol. The molecule has 2 atom stereocenters. The summed E-state index contributed by atoms with van der Waals surface area (Å²) in [6.45, 7) is 2.13. The standard InChI is InChI=1S/C16H14O2/c1-16-7-6-9(8-16)12-13(16)15(18)11-5-3-2-4-10(11)14(12)17/h2-7,9,17-18H,8H2,1H3. The van der Waals surface area contributed by atoms with Crippen LogP contribution < -0.4 is 0 Å². The highest BCUT2D eigenvalue weighted by Crippen LogP contribution is 2.60. The minimum Gasteiger partial charge on any atom is -0.507 e. The number of rotatable bonds is 0. The molecular weight excluding hydrogens is 224 g/mol. The first-order valence-corrected chi connectivity index (χ1v) is 6.28. The minimum absolute atomic E-state index is 0.119. The summed E-state index contributed by atoms with van der Waals surface area (Å²) in [7, 11) is 0. The summed E-state index contributed by atoms with van der Waals surface area (Å²) in [5, 5.41) is 22.5. The number of phenolic OH excluding ortho intramolecular Hbond substituents is 2. The molecular formula is C16H14O2. The lowest BCUT2D eigenvalue weighted by atomic mass is 9.82. The first-order chi connectivity index (χ1) is 8.62. The molecule has 2 unspecified atom stereocenters. The number of aromatic hydroxyl groups is 2. The van der Waals surface area contributed by atoms with Gasteiger partial charge in [-0.3, -0.25) is 0 Å². The van der Waals surface area contributed by atoms with Gasteiger partial charge in [0.25, 0.3) is 0 Å². The monoisotopic (exact) mass is 238 g/mol. The maximum Gasteiger partial charge on any atom is 0.128 e. The molecule has 0 aliphatic heterocycles. The molecule has 2 aliphatic rings. The van der Waals surface area contributed by atoms with Crippen molar-refractivity contribution >= 4 is 10.8 Å². The molecule has 18 heavy (non-hydrogen) atoms. The molecule has 0 radical (unpaired) electrons.